The van der Waals surface area contributed by atoms with Gasteiger partial charge in [0.1, 0.15) is 0 Å². The zero-order valence-electron chi connectivity index (χ0n) is 10.5. The molecule has 0 aromatic carbocycles. The molecule has 0 bridgehead atoms. The Morgan fingerprint density at radius 3 is 3.06 bits per heavy atom. The summed E-state index contributed by atoms with van der Waals surface area (Å²) in [4.78, 5) is 5.57. The van der Waals surface area contributed by atoms with E-state index in [0.29, 0.717) is 11.7 Å². The Morgan fingerprint density at radius 2 is 2.33 bits per heavy atom. The predicted octanol–water partition coefficient (Wildman–Crippen LogP) is 3.33. The van der Waals surface area contributed by atoms with E-state index in [0.717, 1.165) is 23.8 Å². The van der Waals surface area contributed by atoms with Crippen LogP contribution in [0, 0.1) is 5.92 Å². The Kier molecular flexibility index (Phi) is 3.18. The van der Waals surface area contributed by atoms with Gasteiger partial charge in [0, 0.05) is 6.61 Å². The van der Waals surface area contributed by atoms with Crippen LogP contribution >= 0.6 is 11.3 Å². The van der Waals surface area contributed by atoms with Crippen LogP contribution in [-0.4, -0.2) is 22.9 Å². The van der Waals surface area contributed by atoms with Gasteiger partial charge in [-0.25, -0.2) is 0 Å². The lowest BCUT2D eigenvalue weighted by Crippen LogP contribution is -2.21. The van der Waals surface area contributed by atoms with Crippen LogP contribution < -0.4 is 0 Å². The van der Waals surface area contributed by atoms with Crippen molar-refractivity contribution in [1.29, 1.82) is 0 Å². The van der Waals surface area contributed by atoms with Crippen LogP contribution in [0.5, 0.6) is 0 Å². The van der Waals surface area contributed by atoms with Gasteiger partial charge in [-0.05, 0) is 23.8 Å². The molecule has 0 amide bonds. The lowest BCUT2D eigenvalue weighted by molar-refractivity contribution is 0.0627. The number of nitrogens with zero attached hydrogens (tertiary/aromatic N) is 2. The molecule has 2 aromatic heterocycles. The average Bonchev–Trinajstić information content (AvgIpc) is 3.10. The van der Waals surface area contributed by atoms with Crippen molar-refractivity contribution in [2.45, 2.75) is 32.3 Å². The van der Waals surface area contributed by atoms with Crippen LogP contribution in [0.2, 0.25) is 0 Å². The molecule has 4 nitrogen and oxygen atoms in total. The lowest BCUT2D eigenvalue weighted by atomic mass is 9.93. The molecule has 5 heteroatoms. The maximum atomic E-state index is 5.76. The molecule has 2 atom stereocenters. The molecule has 1 aliphatic rings. The normalized spacial score (nSPS) is 23.9. The molecule has 0 unspecified atom stereocenters. The minimum atomic E-state index is 0.196. The van der Waals surface area contributed by atoms with Crippen molar-refractivity contribution >= 4 is 11.3 Å². The monoisotopic (exact) mass is 264 g/mol. The second-order valence-corrected chi connectivity index (χ2v) is 5.86. The summed E-state index contributed by atoms with van der Waals surface area (Å²) in [5.74, 6) is 2.12. The van der Waals surface area contributed by atoms with Gasteiger partial charge in [-0.1, -0.05) is 25.1 Å². The third kappa shape index (κ3) is 2.08. The summed E-state index contributed by atoms with van der Waals surface area (Å²) in [7, 11) is 0. The molecule has 2 aromatic rings. The van der Waals surface area contributed by atoms with Crippen LogP contribution in [0.25, 0.3) is 10.7 Å². The van der Waals surface area contributed by atoms with Crippen molar-refractivity contribution in [1.82, 2.24) is 10.1 Å². The molecule has 18 heavy (non-hydrogen) atoms. The second-order valence-electron chi connectivity index (χ2n) is 4.91. The zero-order valence-corrected chi connectivity index (χ0v) is 11.3. The Labute approximate surface area is 110 Å². The molecule has 3 heterocycles. The van der Waals surface area contributed by atoms with Gasteiger partial charge in [-0.2, -0.15) is 4.98 Å². The zero-order chi connectivity index (χ0) is 12.5. The second kappa shape index (κ2) is 4.82. The molecule has 0 radical (unpaired) electrons. The van der Waals surface area contributed by atoms with Crippen LogP contribution in [0.15, 0.2) is 22.0 Å². The Morgan fingerprint density at radius 1 is 1.44 bits per heavy atom. The minimum absolute atomic E-state index is 0.196. The molecule has 0 spiro atoms. The van der Waals surface area contributed by atoms with Crippen molar-refractivity contribution in [2.24, 2.45) is 5.92 Å². The summed E-state index contributed by atoms with van der Waals surface area (Å²) < 4.78 is 11.2. The maximum absolute atomic E-state index is 5.76. The smallest absolute Gasteiger partial charge is 0.232 e. The van der Waals surface area contributed by atoms with Gasteiger partial charge in [0.15, 0.2) is 0 Å². The summed E-state index contributed by atoms with van der Waals surface area (Å²) in [6.45, 7) is 5.11. The summed E-state index contributed by atoms with van der Waals surface area (Å²) in [5.41, 5.74) is 0. The fraction of sp³-hybridized carbons (Fsp3) is 0.538. The van der Waals surface area contributed by atoms with Crippen molar-refractivity contribution < 1.29 is 9.26 Å². The number of rotatable bonds is 3. The molecule has 1 aliphatic heterocycles. The average molecular weight is 264 g/mol. The van der Waals surface area contributed by atoms with E-state index in [1.54, 1.807) is 11.3 Å². The first-order chi connectivity index (χ1) is 8.75. The summed E-state index contributed by atoms with van der Waals surface area (Å²) in [6, 6.07) is 4.00. The number of hydrogen-bond acceptors (Lipinski definition) is 5. The van der Waals surface area contributed by atoms with E-state index < -0.39 is 0 Å². The highest BCUT2D eigenvalue weighted by atomic mass is 32.1. The highest BCUT2D eigenvalue weighted by Crippen LogP contribution is 2.35. The summed E-state index contributed by atoms with van der Waals surface area (Å²) >= 11 is 1.62. The SMILES string of the molecule is CC(C)[C@@H]1OCC[C@H]1c1nc(-c2cccs2)no1. The van der Waals surface area contributed by atoms with Gasteiger partial charge in [0.05, 0.1) is 16.9 Å². The first-order valence-corrected chi connectivity index (χ1v) is 7.13. The molecular weight excluding hydrogens is 248 g/mol. The third-order valence-corrected chi connectivity index (χ3v) is 4.16. The first kappa shape index (κ1) is 11.9. The van der Waals surface area contributed by atoms with Crippen LogP contribution in [0.3, 0.4) is 0 Å². The number of thiophene rings is 1. The third-order valence-electron chi connectivity index (χ3n) is 3.29. The Balaban J connectivity index is 1.85. The van der Waals surface area contributed by atoms with E-state index in [1.165, 1.54) is 0 Å². The molecule has 1 fully saturated rings. The van der Waals surface area contributed by atoms with Gasteiger partial charge >= 0.3 is 0 Å². The topological polar surface area (TPSA) is 48.2 Å². The molecule has 1 saturated heterocycles. The van der Waals surface area contributed by atoms with E-state index in [2.05, 4.69) is 24.0 Å². The molecular formula is C13H16N2O2S. The van der Waals surface area contributed by atoms with Crippen molar-refractivity contribution in [3.63, 3.8) is 0 Å². The van der Waals surface area contributed by atoms with Crippen LogP contribution in [0.4, 0.5) is 0 Å². The van der Waals surface area contributed by atoms with E-state index >= 15 is 0 Å². The Hall–Kier alpha value is -1.20. The number of aromatic nitrogens is 2. The van der Waals surface area contributed by atoms with E-state index in [-0.39, 0.29) is 12.0 Å². The van der Waals surface area contributed by atoms with Crippen molar-refractivity contribution in [3.05, 3.63) is 23.4 Å². The largest absolute Gasteiger partial charge is 0.377 e. The van der Waals surface area contributed by atoms with Gasteiger partial charge in [0.2, 0.25) is 11.7 Å². The molecule has 0 saturated carbocycles. The van der Waals surface area contributed by atoms with Crippen molar-refractivity contribution in [2.75, 3.05) is 6.61 Å². The molecule has 0 N–H and O–H groups in total. The molecule has 3 rings (SSSR count). The van der Waals surface area contributed by atoms with Gasteiger partial charge in [-0.15, -0.1) is 11.3 Å². The Bertz CT molecular complexity index is 507. The standard InChI is InChI=1S/C13H16N2O2S/c1-8(2)11-9(5-6-16-11)13-14-12(15-17-13)10-4-3-7-18-10/h3-4,7-9,11H,5-6H2,1-2H3/t9-,11+/m1/s1. The predicted molar refractivity (Wildman–Crippen MR) is 69.5 cm³/mol. The van der Waals surface area contributed by atoms with Crippen LogP contribution in [-0.2, 0) is 4.74 Å². The first-order valence-electron chi connectivity index (χ1n) is 6.25. The fourth-order valence-electron chi connectivity index (χ4n) is 2.42. The fourth-order valence-corrected chi connectivity index (χ4v) is 3.07. The van der Waals surface area contributed by atoms with E-state index in [1.807, 2.05) is 17.5 Å². The maximum Gasteiger partial charge on any atom is 0.232 e. The number of hydrogen-bond donors (Lipinski definition) is 0. The van der Waals surface area contributed by atoms with Crippen molar-refractivity contribution in [3.8, 4) is 10.7 Å². The number of ether oxygens (including phenoxy) is 1. The van der Waals surface area contributed by atoms with Gasteiger partial charge in [0.25, 0.3) is 0 Å². The highest BCUT2D eigenvalue weighted by Gasteiger charge is 2.35. The molecule has 96 valence electrons. The minimum Gasteiger partial charge on any atom is -0.377 e. The quantitative estimate of drug-likeness (QED) is 0.853. The summed E-state index contributed by atoms with van der Waals surface area (Å²) in [5, 5.41) is 6.08. The van der Waals surface area contributed by atoms with Crippen LogP contribution in [0.1, 0.15) is 32.1 Å². The molecule has 0 aliphatic carbocycles. The van der Waals surface area contributed by atoms with Gasteiger partial charge in [-0.3, -0.25) is 0 Å². The lowest BCUT2D eigenvalue weighted by Gasteiger charge is -2.18. The van der Waals surface area contributed by atoms with E-state index in [4.69, 9.17) is 9.26 Å². The van der Waals surface area contributed by atoms with Gasteiger partial charge < -0.3 is 9.26 Å². The summed E-state index contributed by atoms with van der Waals surface area (Å²) in [6.07, 6.45) is 1.16. The van der Waals surface area contributed by atoms with E-state index in [9.17, 15) is 0 Å². The highest BCUT2D eigenvalue weighted by molar-refractivity contribution is 7.13.